The van der Waals surface area contributed by atoms with Crippen LogP contribution in [0.2, 0.25) is 12.6 Å². The van der Waals surface area contributed by atoms with Gasteiger partial charge in [-0.15, -0.1) is 0 Å². The molecule has 0 aromatic rings. The Morgan fingerprint density at radius 2 is 1.60 bits per heavy atom. The van der Waals surface area contributed by atoms with Gasteiger partial charge in [0.05, 0.1) is 7.11 Å². The first-order valence-electron chi connectivity index (χ1n) is 7.83. The highest BCUT2D eigenvalue weighted by atomic mass is 28.4. The quantitative estimate of drug-likeness (QED) is 0.748. The number of piperidine rings is 1. The van der Waals surface area contributed by atoms with Crippen LogP contribution >= 0.6 is 0 Å². The molecule has 0 aliphatic carbocycles. The van der Waals surface area contributed by atoms with Gasteiger partial charge in [0.1, 0.15) is 0 Å². The van der Waals surface area contributed by atoms with Gasteiger partial charge in [-0.25, -0.2) is 0 Å². The number of hydrogen-bond acceptors (Lipinski definition) is 4. The Bertz CT molecular complexity index is 344. The Labute approximate surface area is 125 Å². The number of rotatable bonds is 3. The van der Waals surface area contributed by atoms with Crippen LogP contribution in [-0.2, 0) is 9.26 Å². The van der Waals surface area contributed by atoms with Gasteiger partial charge < -0.3 is 9.26 Å². The maximum atomic E-state index is 5.97. The van der Waals surface area contributed by atoms with Crippen LogP contribution in [0.4, 0.5) is 0 Å². The first-order valence-corrected chi connectivity index (χ1v) is 10.4. The van der Waals surface area contributed by atoms with E-state index in [2.05, 4.69) is 43.9 Å². The van der Waals surface area contributed by atoms with E-state index in [4.69, 9.17) is 9.26 Å². The Hall–Kier alpha value is 0.0569. The Balaban J connectivity index is 2.23. The SMILES string of the molecule is CON1C(C)(C)CC(N2CCC[Si]2(C)OC)CC1(C)C. The summed E-state index contributed by atoms with van der Waals surface area (Å²) in [5.74, 6) is 0. The molecule has 2 fully saturated rings. The van der Waals surface area contributed by atoms with Crippen molar-refractivity contribution in [3.8, 4) is 0 Å². The zero-order valence-corrected chi connectivity index (χ0v) is 15.3. The van der Waals surface area contributed by atoms with E-state index >= 15 is 0 Å². The fraction of sp³-hybridized carbons (Fsp3) is 1.00. The van der Waals surface area contributed by atoms with Gasteiger partial charge in [0.15, 0.2) is 0 Å². The normalized spacial score (nSPS) is 35.5. The average molecular weight is 301 g/mol. The minimum atomic E-state index is -1.66. The molecule has 0 aromatic heterocycles. The third-order valence-electron chi connectivity index (χ3n) is 5.28. The van der Waals surface area contributed by atoms with Crippen LogP contribution in [0.1, 0.15) is 47.0 Å². The molecule has 0 aromatic carbocycles. The molecule has 1 atom stereocenters. The van der Waals surface area contributed by atoms with E-state index in [0.717, 1.165) is 12.8 Å². The fourth-order valence-corrected chi connectivity index (χ4v) is 7.80. The molecule has 0 spiro atoms. The molecule has 2 aliphatic heterocycles. The van der Waals surface area contributed by atoms with Crippen LogP contribution in [0.15, 0.2) is 0 Å². The summed E-state index contributed by atoms with van der Waals surface area (Å²) in [7, 11) is 2.05. The summed E-state index contributed by atoms with van der Waals surface area (Å²) in [5, 5.41) is 2.19. The molecule has 2 rings (SSSR count). The second kappa shape index (κ2) is 5.36. The number of hydrogen-bond donors (Lipinski definition) is 0. The van der Waals surface area contributed by atoms with Gasteiger partial charge in [0.25, 0.3) is 8.48 Å². The highest BCUT2D eigenvalue weighted by molar-refractivity contribution is 6.70. The summed E-state index contributed by atoms with van der Waals surface area (Å²) in [6, 6.07) is 1.89. The number of nitrogens with zero attached hydrogens (tertiary/aromatic N) is 2. The molecule has 0 saturated carbocycles. The molecule has 0 radical (unpaired) electrons. The standard InChI is InChI=1S/C15H32N2O2Si/c1-14(2)11-13(12-15(3,4)17(14)18-5)16-9-8-10-20(16,7)19-6/h13H,8-12H2,1-7H3. The van der Waals surface area contributed by atoms with Gasteiger partial charge >= 0.3 is 0 Å². The average Bonchev–Trinajstić information content (AvgIpc) is 2.69. The van der Waals surface area contributed by atoms with Gasteiger partial charge in [0, 0.05) is 24.2 Å². The summed E-state index contributed by atoms with van der Waals surface area (Å²) in [6.45, 7) is 12.8. The lowest BCUT2D eigenvalue weighted by atomic mass is 9.79. The minimum Gasteiger partial charge on any atom is -0.406 e. The summed E-state index contributed by atoms with van der Waals surface area (Å²) >= 11 is 0. The highest BCUT2D eigenvalue weighted by Crippen LogP contribution is 2.43. The monoisotopic (exact) mass is 300 g/mol. The summed E-state index contributed by atoms with van der Waals surface area (Å²) in [5.41, 5.74) is 0.125. The van der Waals surface area contributed by atoms with Gasteiger partial charge in [-0.05, 0) is 66.1 Å². The van der Waals surface area contributed by atoms with E-state index in [1.807, 2.05) is 7.11 Å². The summed E-state index contributed by atoms with van der Waals surface area (Å²) in [4.78, 5) is 5.71. The topological polar surface area (TPSA) is 24.9 Å². The molecule has 4 nitrogen and oxygen atoms in total. The van der Waals surface area contributed by atoms with E-state index in [9.17, 15) is 0 Å². The van der Waals surface area contributed by atoms with Crippen LogP contribution in [0.5, 0.6) is 0 Å². The molecule has 118 valence electrons. The van der Waals surface area contributed by atoms with Crippen LogP contribution in [0.3, 0.4) is 0 Å². The van der Waals surface area contributed by atoms with E-state index < -0.39 is 8.48 Å². The predicted molar refractivity (Wildman–Crippen MR) is 84.8 cm³/mol. The molecule has 2 aliphatic rings. The Morgan fingerprint density at radius 3 is 2.05 bits per heavy atom. The van der Waals surface area contributed by atoms with Gasteiger partial charge in [-0.1, -0.05) is 0 Å². The van der Waals surface area contributed by atoms with Crippen molar-refractivity contribution >= 4 is 8.48 Å². The maximum Gasteiger partial charge on any atom is 0.268 e. The van der Waals surface area contributed by atoms with Gasteiger partial charge in [-0.3, -0.25) is 4.57 Å². The highest BCUT2D eigenvalue weighted by Gasteiger charge is 2.52. The first-order chi connectivity index (χ1) is 9.16. The summed E-state index contributed by atoms with van der Waals surface area (Å²) in [6.07, 6.45) is 3.59. The van der Waals surface area contributed by atoms with Crippen molar-refractivity contribution in [3.63, 3.8) is 0 Å². The second-order valence-electron chi connectivity index (χ2n) is 7.84. The van der Waals surface area contributed by atoms with Crippen molar-refractivity contribution < 1.29 is 9.26 Å². The molecule has 0 bridgehead atoms. The van der Waals surface area contributed by atoms with E-state index in [0.29, 0.717) is 6.04 Å². The molecule has 5 heteroatoms. The molecule has 0 amide bonds. The first kappa shape index (κ1) is 16.4. The number of hydroxylamine groups is 2. The molecule has 2 saturated heterocycles. The van der Waals surface area contributed by atoms with E-state index in [1.54, 1.807) is 7.11 Å². The Kier molecular flexibility index (Phi) is 4.40. The lowest BCUT2D eigenvalue weighted by Crippen LogP contribution is -2.66. The van der Waals surface area contributed by atoms with Crippen molar-refractivity contribution in [2.75, 3.05) is 20.8 Å². The molecule has 0 N–H and O–H groups in total. The predicted octanol–water partition coefficient (Wildman–Crippen LogP) is 2.99. The van der Waals surface area contributed by atoms with Crippen molar-refractivity contribution in [1.29, 1.82) is 0 Å². The minimum absolute atomic E-state index is 0.0623. The van der Waals surface area contributed by atoms with Crippen LogP contribution in [0, 0.1) is 0 Å². The molecule has 2 heterocycles. The second-order valence-corrected chi connectivity index (χ2v) is 11.7. The van der Waals surface area contributed by atoms with Crippen molar-refractivity contribution in [1.82, 2.24) is 9.63 Å². The van der Waals surface area contributed by atoms with Crippen LogP contribution < -0.4 is 0 Å². The third kappa shape index (κ3) is 2.71. The maximum absolute atomic E-state index is 5.97. The zero-order valence-electron chi connectivity index (χ0n) is 14.3. The molecular weight excluding hydrogens is 268 g/mol. The molecule has 1 unspecified atom stereocenters. The largest absolute Gasteiger partial charge is 0.406 e. The lowest BCUT2D eigenvalue weighted by molar-refractivity contribution is -0.270. The van der Waals surface area contributed by atoms with Crippen molar-refractivity contribution in [2.45, 2.75) is 76.7 Å². The zero-order chi connectivity index (χ0) is 15.2. The smallest absolute Gasteiger partial charge is 0.268 e. The molecular formula is C15H32N2O2Si. The lowest BCUT2D eigenvalue weighted by Gasteiger charge is -2.56. The van der Waals surface area contributed by atoms with E-state index in [1.165, 1.54) is 19.0 Å². The van der Waals surface area contributed by atoms with Gasteiger partial charge in [-0.2, -0.15) is 5.06 Å². The summed E-state index contributed by atoms with van der Waals surface area (Å²) < 4.78 is 8.70. The van der Waals surface area contributed by atoms with Crippen LogP contribution in [-0.4, -0.2) is 56.0 Å². The van der Waals surface area contributed by atoms with E-state index in [-0.39, 0.29) is 11.1 Å². The third-order valence-corrected chi connectivity index (χ3v) is 9.24. The van der Waals surface area contributed by atoms with Crippen molar-refractivity contribution in [2.24, 2.45) is 0 Å². The van der Waals surface area contributed by atoms with Crippen LogP contribution in [0.25, 0.3) is 0 Å². The Morgan fingerprint density at radius 1 is 1.05 bits per heavy atom. The van der Waals surface area contributed by atoms with Crippen molar-refractivity contribution in [3.05, 3.63) is 0 Å². The van der Waals surface area contributed by atoms with Gasteiger partial charge in [0.2, 0.25) is 0 Å². The molecule has 20 heavy (non-hydrogen) atoms. The fourth-order valence-electron chi connectivity index (χ4n) is 4.67.